The molecule has 0 spiro atoms. The van der Waals surface area contributed by atoms with Crippen molar-refractivity contribution in [3.8, 4) is 0 Å². The molecule has 0 aliphatic rings. The molecule has 5 nitrogen and oxygen atoms in total. The van der Waals surface area contributed by atoms with Gasteiger partial charge in [-0.2, -0.15) is 14.9 Å². The summed E-state index contributed by atoms with van der Waals surface area (Å²) in [7, 11) is 0. The summed E-state index contributed by atoms with van der Waals surface area (Å²) in [5, 5.41) is 10.1. The number of H-pyrrole nitrogens is 1. The van der Waals surface area contributed by atoms with E-state index in [1.807, 2.05) is 24.3 Å². The van der Waals surface area contributed by atoms with E-state index >= 15 is 0 Å². The number of nitrogens with one attached hydrogen (secondary N) is 1. The van der Waals surface area contributed by atoms with Gasteiger partial charge in [-0.1, -0.05) is 31.2 Å². The predicted molar refractivity (Wildman–Crippen MR) is 72.5 cm³/mol. The Morgan fingerprint density at radius 3 is 2.78 bits per heavy atom. The fourth-order valence-electron chi connectivity index (χ4n) is 1.42. The maximum Gasteiger partial charge on any atom is 0.293 e. The molecule has 1 aromatic heterocycles. The molecule has 0 saturated carbocycles. The molecule has 1 N–H and O–H groups in total. The number of aromatic nitrogens is 3. The van der Waals surface area contributed by atoms with E-state index in [4.69, 9.17) is 12.2 Å². The fraction of sp³-hybridized carbons (Fsp3) is 0.167. The van der Waals surface area contributed by atoms with Crippen LogP contribution in [0.15, 0.2) is 40.4 Å². The summed E-state index contributed by atoms with van der Waals surface area (Å²) in [5.41, 5.74) is 1.80. The van der Waals surface area contributed by atoms with Crippen LogP contribution in [0.2, 0.25) is 0 Å². The van der Waals surface area contributed by atoms with E-state index in [9.17, 15) is 4.79 Å². The Labute approximate surface area is 109 Å². The van der Waals surface area contributed by atoms with Gasteiger partial charge in [0.05, 0.1) is 6.21 Å². The molecule has 6 heteroatoms. The van der Waals surface area contributed by atoms with E-state index in [0.717, 1.165) is 22.9 Å². The van der Waals surface area contributed by atoms with Gasteiger partial charge in [-0.05, 0) is 29.8 Å². The van der Waals surface area contributed by atoms with Crippen LogP contribution in [0, 0.1) is 4.77 Å². The molecule has 0 aliphatic carbocycles. The highest BCUT2D eigenvalue weighted by atomic mass is 32.1. The first-order valence-electron chi connectivity index (χ1n) is 5.50. The molecule has 92 valence electrons. The standard InChI is InChI=1S/C12H12N4OS/c1-2-9-3-5-10(6-4-9)7-14-16-11(17)8-13-15-12(16)18/h3-8H,2H2,1H3,(H,15,18)/b14-7+. The zero-order chi connectivity index (χ0) is 13.0. The minimum Gasteiger partial charge on any atom is -0.265 e. The molecule has 2 rings (SSSR count). The van der Waals surface area contributed by atoms with Crippen molar-refractivity contribution < 1.29 is 0 Å². The number of hydrogen-bond acceptors (Lipinski definition) is 4. The highest BCUT2D eigenvalue weighted by Crippen LogP contribution is 2.02. The lowest BCUT2D eigenvalue weighted by atomic mass is 10.1. The van der Waals surface area contributed by atoms with Crippen LogP contribution in [0.5, 0.6) is 0 Å². The number of hydrogen-bond donors (Lipinski definition) is 1. The largest absolute Gasteiger partial charge is 0.293 e. The number of aryl methyl sites for hydroxylation is 1. The molecule has 0 amide bonds. The summed E-state index contributed by atoms with van der Waals surface area (Å²) >= 11 is 4.93. The summed E-state index contributed by atoms with van der Waals surface area (Å²) in [6.07, 6.45) is 3.71. The zero-order valence-electron chi connectivity index (χ0n) is 9.83. The molecular weight excluding hydrogens is 248 g/mol. The number of rotatable bonds is 3. The fourth-order valence-corrected chi connectivity index (χ4v) is 1.61. The van der Waals surface area contributed by atoms with Gasteiger partial charge in [-0.15, -0.1) is 0 Å². The van der Waals surface area contributed by atoms with Crippen LogP contribution in [0.4, 0.5) is 0 Å². The van der Waals surface area contributed by atoms with E-state index < -0.39 is 0 Å². The number of aromatic amines is 1. The lowest BCUT2D eigenvalue weighted by Crippen LogP contribution is -2.18. The van der Waals surface area contributed by atoms with Crippen LogP contribution in [-0.4, -0.2) is 21.1 Å². The minimum atomic E-state index is -0.361. The van der Waals surface area contributed by atoms with Gasteiger partial charge in [0.2, 0.25) is 4.77 Å². The van der Waals surface area contributed by atoms with Crippen molar-refractivity contribution >= 4 is 18.4 Å². The second kappa shape index (κ2) is 5.50. The number of benzene rings is 1. The maximum atomic E-state index is 11.5. The third-order valence-corrected chi connectivity index (χ3v) is 2.71. The molecule has 0 saturated heterocycles. The van der Waals surface area contributed by atoms with Crippen LogP contribution in [-0.2, 0) is 6.42 Å². The Morgan fingerprint density at radius 1 is 1.44 bits per heavy atom. The monoisotopic (exact) mass is 260 g/mol. The smallest absolute Gasteiger partial charge is 0.265 e. The van der Waals surface area contributed by atoms with Gasteiger partial charge in [-0.25, -0.2) is 0 Å². The quantitative estimate of drug-likeness (QED) is 0.675. The zero-order valence-corrected chi connectivity index (χ0v) is 10.6. The minimum absolute atomic E-state index is 0.170. The normalized spacial score (nSPS) is 10.9. The molecule has 0 unspecified atom stereocenters. The second-order valence-electron chi connectivity index (χ2n) is 3.66. The maximum absolute atomic E-state index is 11.5. The van der Waals surface area contributed by atoms with Gasteiger partial charge in [0, 0.05) is 0 Å². The second-order valence-corrected chi connectivity index (χ2v) is 4.05. The molecule has 1 aromatic carbocycles. The van der Waals surface area contributed by atoms with E-state index in [1.54, 1.807) is 6.21 Å². The summed E-state index contributed by atoms with van der Waals surface area (Å²) in [4.78, 5) is 11.5. The Hall–Kier alpha value is -2.08. The van der Waals surface area contributed by atoms with E-state index in [2.05, 4.69) is 22.2 Å². The Kier molecular flexibility index (Phi) is 3.78. The van der Waals surface area contributed by atoms with Crippen molar-refractivity contribution in [1.29, 1.82) is 0 Å². The summed E-state index contributed by atoms with van der Waals surface area (Å²) in [6.45, 7) is 2.10. The van der Waals surface area contributed by atoms with Crippen LogP contribution in [0.1, 0.15) is 18.1 Å². The van der Waals surface area contributed by atoms with Crippen molar-refractivity contribution in [2.45, 2.75) is 13.3 Å². The third-order valence-electron chi connectivity index (χ3n) is 2.45. The van der Waals surface area contributed by atoms with Crippen LogP contribution < -0.4 is 5.56 Å². The Balaban J connectivity index is 2.30. The highest BCUT2D eigenvalue weighted by Gasteiger charge is 1.95. The van der Waals surface area contributed by atoms with Crippen molar-refractivity contribution in [2.24, 2.45) is 5.10 Å². The topological polar surface area (TPSA) is 63.0 Å². The van der Waals surface area contributed by atoms with Gasteiger partial charge < -0.3 is 0 Å². The lowest BCUT2D eigenvalue weighted by Gasteiger charge is -1.98. The SMILES string of the molecule is CCc1ccc(/C=N/n2c(=O)cn[nH]c2=S)cc1. The van der Waals surface area contributed by atoms with Gasteiger partial charge in [0.1, 0.15) is 6.20 Å². The molecule has 0 atom stereocenters. The molecule has 18 heavy (non-hydrogen) atoms. The van der Waals surface area contributed by atoms with Crippen molar-refractivity contribution in [1.82, 2.24) is 14.9 Å². The number of nitrogens with zero attached hydrogens (tertiary/aromatic N) is 3. The van der Waals surface area contributed by atoms with Gasteiger partial charge in [-0.3, -0.25) is 9.89 Å². The van der Waals surface area contributed by atoms with E-state index in [-0.39, 0.29) is 10.3 Å². The predicted octanol–water partition coefficient (Wildman–Crippen LogP) is 1.75. The van der Waals surface area contributed by atoms with E-state index in [1.165, 1.54) is 5.56 Å². The van der Waals surface area contributed by atoms with Gasteiger partial charge in [0.15, 0.2) is 0 Å². The average Bonchev–Trinajstić information content (AvgIpc) is 2.39. The Bertz CT molecular complexity index is 641. The third kappa shape index (κ3) is 2.78. The summed E-state index contributed by atoms with van der Waals surface area (Å²) < 4.78 is 1.26. The molecule has 2 aromatic rings. The molecule has 0 radical (unpaired) electrons. The first-order valence-corrected chi connectivity index (χ1v) is 5.91. The highest BCUT2D eigenvalue weighted by molar-refractivity contribution is 7.71. The average molecular weight is 260 g/mol. The summed E-state index contributed by atoms with van der Waals surface area (Å²) in [5.74, 6) is 0. The van der Waals surface area contributed by atoms with Crippen LogP contribution in [0.3, 0.4) is 0 Å². The summed E-state index contributed by atoms with van der Waals surface area (Å²) in [6, 6.07) is 7.94. The lowest BCUT2D eigenvalue weighted by molar-refractivity contribution is 0.738. The van der Waals surface area contributed by atoms with Crippen molar-refractivity contribution in [2.75, 3.05) is 0 Å². The molecule has 0 aliphatic heterocycles. The molecule has 0 bridgehead atoms. The van der Waals surface area contributed by atoms with Crippen molar-refractivity contribution in [3.05, 3.63) is 56.7 Å². The first-order chi connectivity index (χ1) is 8.70. The van der Waals surface area contributed by atoms with Gasteiger partial charge in [0.25, 0.3) is 5.56 Å². The van der Waals surface area contributed by atoms with Crippen LogP contribution >= 0.6 is 12.2 Å². The molecule has 1 heterocycles. The Morgan fingerprint density at radius 2 is 2.17 bits per heavy atom. The van der Waals surface area contributed by atoms with Gasteiger partial charge >= 0.3 is 0 Å². The molecule has 0 fully saturated rings. The first kappa shape index (κ1) is 12.4. The molecular formula is C12H12N4OS. The van der Waals surface area contributed by atoms with E-state index in [0.29, 0.717) is 0 Å². The van der Waals surface area contributed by atoms with Crippen LogP contribution in [0.25, 0.3) is 0 Å². The van der Waals surface area contributed by atoms with Crippen molar-refractivity contribution in [3.63, 3.8) is 0 Å².